The summed E-state index contributed by atoms with van der Waals surface area (Å²) in [7, 11) is 0. The highest BCUT2D eigenvalue weighted by atomic mass is 16.5. The molecule has 0 spiro atoms. The Morgan fingerprint density at radius 1 is 1.33 bits per heavy atom. The molecule has 0 amide bonds. The average Bonchev–Trinajstić information content (AvgIpc) is 2.93. The van der Waals surface area contributed by atoms with E-state index in [1.165, 1.54) is 12.8 Å². The molecule has 2 aliphatic rings. The monoisotopic (exact) mass is 366 g/mol. The largest absolute Gasteiger partial charge is 0.381 e. The van der Waals surface area contributed by atoms with Crippen molar-refractivity contribution >= 4 is 11.6 Å². The molecule has 0 unspecified atom stereocenters. The molecule has 0 radical (unpaired) electrons. The minimum Gasteiger partial charge on any atom is -0.381 e. The van der Waals surface area contributed by atoms with E-state index in [0.29, 0.717) is 24.8 Å². The predicted octanol–water partition coefficient (Wildman–Crippen LogP) is 2.65. The summed E-state index contributed by atoms with van der Waals surface area (Å²) >= 11 is 0. The molecule has 6 heteroatoms. The van der Waals surface area contributed by atoms with Crippen LogP contribution in [0.15, 0.2) is 24.4 Å². The Kier molecular flexibility index (Phi) is 5.43. The van der Waals surface area contributed by atoms with Crippen molar-refractivity contribution < 1.29 is 9.53 Å². The second-order valence-electron chi connectivity index (χ2n) is 7.57. The van der Waals surface area contributed by atoms with Crippen molar-refractivity contribution in [2.75, 3.05) is 31.2 Å². The first-order chi connectivity index (χ1) is 13.2. The Morgan fingerprint density at radius 2 is 2.22 bits per heavy atom. The number of carbonyl (C=O) groups is 1. The van der Waals surface area contributed by atoms with Crippen LogP contribution in [0.2, 0.25) is 0 Å². The predicted molar refractivity (Wildman–Crippen MR) is 103 cm³/mol. The molecule has 1 fully saturated rings. The van der Waals surface area contributed by atoms with Gasteiger partial charge in [0.05, 0.1) is 25.3 Å². The number of pyridine rings is 1. The van der Waals surface area contributed by atoms with Crippen LogP contribution in [0.3, 0.4) is 0 Å². The molecule has 2 aliphatic heterocycles. The van der Waals surface area contributed by atoms with E-state index in [1.807, 2.05) is 18.2 Å². The van der Waals surface area contributed by atoms with Gasteiger partial charge in [-0.05, 0) is 48.9 Å². The van der Waals surface area contributed by atoms with E-state index in [0.717, 1.165) is 48.6 Å². The van der Waals surface area contributed by atoms with Gasteiger partial charge in [0.2, 0.25) is 0 Å². The van der Waals surface area contributed by atoms with Crippen molar-refractivity contribution in [3.8, 4) is 0 Å². The first-order valence-corrected chi connectivity index (χ1v) is 9.86. The molecule has 4 heterocycles. The second kappa shape index (κ2) is 8.13. The molecule has 6 nitrogen and oxygen atoms in total. The van der Waals surface area contributed by atoms with Gasteiger partial charge in [0, 0.05) is 37.0 Å². The lowest BCUT2D eigenvalue weighted by Crippen LogP contribution is -2.35. The van der Waals surface area contributed by atoms with Crippen molar-refractivity contribution in [1.82, 2.24) is 15.2 Å². The summed E-state index contributed by atoms with van der Waals surface area (Å²) in [5.41, 5.74) is 3.55. The number of anilines is 1. The molecule has 0 N–H and O–H groups in total. The molecule has 0 saturated carbocycles. The molecule has 1 atom stereocenters. The molecule has 0 aromatic carbocycles. The molecular formula is C21H26N4O2. The number of rotatable bonds is 4. The number of carbonyl (C=O) groups excluding carboxylic acids is 1. The van der Waals surface area contributed by atoms with Crippen molar-refractivity contribution in [3.63, 3.8) is 0 Å². The summed E-state index contributed by atoms with van der Waals surface area (Å²) in [6.45, 7) is 5.59. The lowest BCUT2D eigenvalue weighted by atomic mass is 9.95. The number of hydrogen-bond donors (Lipinski definition) is 0. The van der Waals surface area contributed by atoms with Crippen LogP contribution in [-0.4, -0.2) is 47.3 Å². The fourth-order valence-corrected chi connectivity index (χ4v) is 4.04. The van der Waals surface area contributed by atoms with E-state index < -0.39 is 0 Å². The van der Waals surface area contributed by atoms with Crippen molar-refractivity contribution in [1.29, 1.82) is 0 Å². The fraction of sp³-hybridized carbons (Fsp3) is 0.524. The van der Waals surface area contributed by atoms with Crippen molar-refractivity contribution in [3.05, 3.63) is 46.9 Å². The van der Waals surface area contributed by atoms with Gasteiger partial charge in [0.1, 0.15) is 5.82 Å². The van der Waals surface area contributed by atoms with E-state index >= 15 is 0 Å². The maximum atomic E-state index is 13.1. The summed E-state index contributed by atoms with van der Waals surface area (Å²) in [4.78, 5) is 20.4. The molecule has 2 aromatic rings. The minimum absolute atomic E-state index is 0.0855. The maximum Gasteiger partial charge on any atom is 0.169 e. The number of piperidine rings is 1. The molecular weight excluding hydrogens is 340 g/mol. The lowest BCUT2D eigenvalue weighted by Gasteiger charge is -2.32. The van der Waals surface area contributed by atoms with Gasteiger partial charge in [0.15, 0.2) is 5.78 Å². The van der Waals surface area contributed by atoms with E-state index in [1.54, 1.807) is 6.20 Å². The van der Waals surface area contributed by atoms with E-state index in [9.17, 15) is 4.79 Å². The van der Waals surface area contributed by atoms with Crippen LogP contribution < -0.4 is 4.90 Å². The number of ketones is 1. The summed E-state index contributed by atoms with van der Waals surface area (Å²) in [6, 6.07) is 5.67. The Bertz CT molecular complexity index is 809. The smallest absolute Gasteiger partial charge is 0.169 e. The van der Waals surface area contributed by atoms with E-state index in [-0.39, 0.29) is 12.2 Å². The van der Waals surface area contributed by atoms with E-state index in [2.05, 4.69) is 22.0 Å². The maximum absolute atomic E-state index is 13.1. The van der Waals surface area contributed by atoms with Crippen LogP contribution in [0.5, 0.6) is 0 Å². The fourth-order valence-electron chi connectivity index (χ4n) is 4.04. The first kappa shape index (κ1) is 18.0. The number of fused-ring (bicyclic) bond motifs is 1. The number of ether oxygens (including phenoxy) is 1. The molecule has 4 rings (SSSR count). The topological polar surface area (TPSA) is 68.2 Å². The van der Waals surface area contributed by atoms with Crippen LogP contribution in [0, 0.1) is 5.92 Å². The third kappa shape index (κ3) is 4.16. The van der Waals surface area contributed by atoms with Crippen LogP contribution in [0.4, 0.5) is 5.82 Å². The van der Waals surface area contributed by atoms with Gasteiger partial charge >= 0.3 is 0 Å². The molecule has 27 heavy (non-hydrogen) atoms. The van der Waals surface area contributed by atoms with Crippen LogP contribution in [0.1, 0.15) is 47.1 Å². The highest BCUT2D eigenvalue weighted by Crippen LogP contribution is 2.27. The number of hydrogen-bond acceptors (Lipinski definition) is 6. The zero-order valence-electron chi connectivity index (χ0n) is 15.9. The van der Waals surface area contributed by atoms with Gasteiger partial charge in [-0.15, -0.1) is 0 Å². The van der Waals surface area contributed by atoms with E-state index in [4.69, 9.17) is 9.72 Å². The SMILES string of the molecule is C[C@H]1CCCN(c2cc(C(=O)Cc3cccnn3)c3c(n2)CCOCC3)C1. The van der Waals surface area contributed by atoms with Gasteiger partial charge in [-0.1, -0.05) is 6.92 Å². The van der Waals surface area contributed by atoms with Gasteiger partial charge in [-0.2, -0.15) is 10.2 Å². The standard InChI is InChI=1S/C21H26N4O2/c1-15-4-3-9-25(14-15)21-13-18(17-6-10-27-11-7-19(17)23-21)20(26)12-16-5-2-8-22-24-16/h2,5,8,13,15H,3-4,6-7,9-12,14H2,1H3/t15-/m0/s1. The molecule has 142 valence electrons. The van der Waals surface area contributed by atoms with Crippen LogP contribution >= 0.6 is 0 Å². The number of nitrogens with zero attached hydrogens (tertiary/aromatic N) is 4. The van der Waals surface area contributed by atoms with Crippen LogP contribution in [0.25, 0.3) is 0 Å². The van der Waals surface area contributed by atoms with Crippen molar-refractivity contribution in [2.45, 2.75) is 39.0 Å². The Morgan fingerprint density at radius 3 is 3.04 bits per heavy atom. The third-order valence-corrected chi connectivity index (χ3v) is 5.43. The summed E-state index contributed by atoms with van der Waals surface area (Å²) in [5.74, 6) is 1.67. The molecule has 0 bridgehead atoms. The van der Waals surface area contributed by atoms with Gasteiger partial charge < -0.3 is 9.64 Å². The Balaban J connectivity index is 1.69. The number of aromatic nitrogens is 3. The van der Waals surface area contributed by atoms with Crippen molar-refractivity contribution in [2.24, 2.45) is 5.92 Å². The zero-order chi connectivity index (χ0) is 18.6. The van der Waals surface area contributed by atoms with Gasteiger partial charge in [0.25, 0.3) is 0 Å². The lowest BCUT2D eigenvalue weighted by molar-refractivity contribution is 0.0990. The summed E-state index contributed by atoms with van der Waals surface area (Å²) < 4.78 is 5.65. The summed E-state index contributed by atoms with van der Waals surface area (Å²) in [5, 5.41) is 7.97. The molecule has 1 saturated heterocycles. The van der Waals surface area contributed by atoms with Gasteiger partial charge in [-0.3, -0.25) is 4.79 Å². The second-order valence-corrected chi connectivity index (χ2v) is 7.57. The first-order valence-electron chi connectivity index (χ1n) is 9.86. The normalized spacial score (nSPS) is 20.0. The molecule has 2 aromatic heterocycles. The Hall–Kier alpha value is -2.34. The van der Waals surface area contributed by atoms with Crippen LogP contribution in [-0.2, 0) is 24.0 Å². The summed E-state index contributed by atoms with van der Waals surface area (Å²) in [6.07, 6.45) is 5.82. The zero-order valence-corrected chi connectivity index (χ0v) is 15.9. The highest BCUT2D eigenvalue weighted by Gasteiger charge is 2.24. The highest BCUT2D eigenvalue weighted by molar-refractivity contribution is 5.99. The number of Topliss-reactive ketones (excluding diaryl/α,β-unsaturated/α-hetero) is 1. The quantitative estimate of drug-likeness (QED) is 0.775. The molecule has 0 aliphatic carbocycles. The minimum atomic E-state index is 0.0855. The Labute approximate surface area is 160 Å². The third-order valence-electron chi connectivity index (χ3n) is 5.43. The average molecular weight is 366 g/mol. The van der Waals surface area contributed by atoms with Gasteiger partial charge in [-0.25, -0.2) is 4.98 Å².